The Morgan fingerprint density at radius 1 is 1.36 bits per heavy atom. The molecule has 1 atom stereocenters. The molecule has 129 valence electrons. The van der Waals surface area contributed by atoms with Gasteiger partial charge in [-0.15, -0.1) is 0 Å². The van der Waals surface area contributed by atoms with E-state index in [0.29, 0.717) is 17.6 Å². The van der Waals surface area contributed by atoms with E-state index < -0.39 is 14.3 Å². The highest BCUT2D eigenvalue weighted by atomic mass is 28.2. The average molecular weight is 354 g/mol. The standard InChI is InChI=1S/C20H21FNO2Si/c1-11-9-14-12(5-7-16(21)15(14)10-11)18-13(20(22)23)6-8-17(24-2)19(18)25(3)4/h5-9,17,22H,10H2,1-4H3. The first-order valence-electron chi connectivity index (χ1n) is 8.23. The molecule has 1 unspecified atom stereocenters. The van der Waals surface area contributed by atoms with Crippen LogP contribution >= 0.6 is 0 Å². The normalized spacial score (nSPS) is 19.2. The van der Waals surface area contributed by atoms with Gasteiger partial charge < -0.3 is 4.74 Å². The summed E-state index contributed by atoms with van der Waals surface area (Å²) in [6.45, 7) is 6.26. The number of hydrogen-bond acceptors (Lipinski definition) is 2. The number of rotatable bonds is 3. The molecule has 5 heteroatoms. The van der Waals surface area contributed by atoms with Crippen molar-refractivity contribution in [2.24, 2.45) is 0 Å². The van der Waals surface area contributed by atoms with Crippen molar-refractivity contribution in [3.05, 3.63) is 57.9 Å². The van der Waals surface area contributed by atoms with Gasteiger partial charge in [0.05, 0.1) is 6.10 Å². The maximum atomic E-state index is 14.3. The third-order valence-electron chi connectivity index (χ3n) is 4.71. The second-order valence-electron chi connectivity index (χ2n) is 6.70. The predicted octanol–water partition coefficient (Wildman–Crippen LogP) is 3.44. The first-order valence-corrected chi connectivity index (χ1v) is 10.7. The van der Waals surface area contributed by atoms with E-state index in [2.05, 4.69) is 13.1 Å². The Kier molecular flexibility index (Phi) is 4.71. The highest BCUT2D eigenvalue weighted by molar-refractivity contribution is 6.78. The van der Waals surface area contributed by atoms with Gasteiger partial charge in [0.25, 0.3) is 5.91 Å². The molecule has 1 radical (unpaired) electrons. The van der Waals surface area contributed by atoms with Crippen LogP contribution in [-0.2, 0) is 16.0 Å². The molecular formula is C20H21FNO2Si. The van der Waals surface area contributed by atoms with Gasteiger partial charge in [0.1, 0.15) is 5.82 Å². The summed E-state index contributed by atoms with van der Waals surface area (Å²) in [7, 11) is 0.679. The van der Waals surface area contributed by atoms with E-state index in [-0.39, 0.29) is 11.9 Å². The number of ether oxygens (including phenoxy) is 1. The number of amides is 1. The minimum Gasteiger partial charge on any atom is -0.373 e. The number of carbonyl (C=O) groups excluding carboxylic acids is 1. The highest BCUT2D eigenvalue weighted by Gasteiger charge is 2.30. The summed E-state index contributed by atoms with van der Waals surface area (Å²) in [5.74, 6) is -0.945. The second kappa shape index (κ2) is 6.65. The summed E-state index contributed by atoms with van der Waals surface area (Å²) in [4.78, 5) is 12.0. The third kappa shape index (κ3) is 2.98. The van der Waals surface area contributed by atoms with E-state index in [1.807, 2.05) is 19.1 Å². The van der Waals surface area contributed by atoms with Crippen LogP contribution in [0.4, 0.5) is 4.39 Å². The second-order valence-corrected chi connectivity index (χ2v) is 9.24. The van der Waals surface area contributed by atoms with Crippen LogP contribution in [0, 0.1) is 5.82 Å². The number of halogens is 1. The predicted molar refractivity (Wildman–Crippen MR) is 101 cm³/mol. The minimum atomic E-state index is -0.964. The van der Waals surface area contributed by atoms with Crippen molar-refractivity contribution in [2.75, 3.05) is 7.11 Å². The number of allylic oxidation sites excluding steroid dienone is 1. The molecule has 0 spiro atoms. The molecule has 3 nitrogen and oxygen atoms in total. The van der Waals surface area contributed by atoms with Crippen LogP contribution in [0.3, 0.4) is 0 Å². The Labute approximate surface area is 148 Å². The quantitative estimate of drug-likeness (QED) is 0.781. The monoisotopic (exact) mass is 354 g/mol. The molecule has 3 rings (SSSR count). The van der Waals surface area contributed by atoms with E-state index in [1.165, 1.54) is 6.07 Å². The lowest BCUT2D eigenvalue weighted by molar-refractivity contribution is -0.114. The molecule has 0 aliphatic heterocycles. The smallest absolute Gasteiger partial charge is 0.270 e. The van der Waals surface area contributed by atoms with Gasteiger partial charge in [0.2, 0.25) is 0 Å². The van der Waals surface area contributed by atoms with Crippen LogP contribution in [0.25, 0.3) is 11.6 Å². The third-order valence-corrected chi connectivity index (χ3v) is 6.33. The minimum absolute atomic E-state index is 0.214. The lowest BCUT2D eigenvalue weighted by Gasteiger charge is -2.27. The topological polar surface area (TPSA) is 50.1 Å². The van der Waals surface area contributed by atoms with Crippen molar-refractivity contribution in [3.8, 4) is 0 Å². The Bertz CT molecular complexity index is 889. The fourth-order valence-electron chi connectivity index (χ4n) is 3.64. The number of fused-ring (bicyclic) bond motifs is 1. The molecule has 1 aromatic carbocycles. The number of carbonyl (C=O) groups is 1. The van der Waals surface area contributed by atoms with Crippen LogP contribution < -0.4 is 5.73 Å². The molecule has 0 saturated heterocycles. The number of hydrogen-bond donors (Lipinski definition) is 0. The molecule has 2 aliphatic rings. The van der Waals surface area contributed by atoms with E-state index in [1.54, 1.807) is 19.3 Å². The van der Waals surface area contributed by atoms with Crippen LogP contribution in [0.1, 0.15) is 23.6 Å². The molecule has 1 N–H and O–H groups in total. The van der Waals surface area contributed by atoms with Crippen molar-refractivity contribution in [1.82, 2.24) is 5.73 Å². The van der Waals surface area contributed by atoms with Crippen LogP contribution in [0.2, 0.25) is 13.1 Å². The molecule has 0 bridgehead atoms. The largest absolute Gasteiger partial charge is 0.373 e. The zero-order valence-electron chi connectivity index (χ0n) is 14.9. The summed E-state index contributed by atoms with van der Waals surface area (Å²) >= 11 is 0. The molecular weight excluding hydrogens is 333 g/mol. The average Bonchev–Trinajstić information content (AvgIpc) is 2.96. The van der Waals surface area contributed by atoms with E-state index in [0.717, 1.165) is 27.4 Å². The SMILES string of the molecule is COC1C=CC(C([NH])=O)=C(c2ccc(F)c3c2C=C(C)C3)C1=[Si](C)C. The number of benzene rings is 1. The zero-order valence-corrected chi connectivity index (χ0v) is 15.9. The maximum Gasteiger partial charge on any atom is 0.270 e. The van der Waals surface area contributed by atoms with Gasteiger partial charge in [-0.05, 0) is 52.9 Å². The Morgan fingerprint density at radius 3 is 2.68 bits per heavy atom. The Morgan fingerprint density at radius 2 is 2.08 bits per heavy atom. The van der Waals surface area contributed by atoms with Crippen molar-refractivity contribution in [3.63, 3.8) is 0 Å². The van der Waals surface area contributed by atoms with Crippen molar-refractivity contribution in [2.45, 2.75) is 32.5 Å². The van der Waals surface area contributed by atoms with Gasteiger partial charge in [0.15, 0.2) is 0 Å². The maximum absolute atomic E-state index is 14.3. The van der Waals surface area contributed by atoms with Gasteiger partial charge in [-0.25, -0.2) is 4.39 Å². The van der Waals surface area contributed by atoms with Gasteiger partial charge in [-0.2, -0.15) is 0 Å². The first kappa shape index (κ1) is 17.7. The molecule has 1 aromatic rings. The first-order chi connectivity index (χ1) is 11.8. The molecule has 2 aliphatic carbocycles. The fourth-order valence-corrected chi connectivity index (χ4v) is 5.19. The number of methoxy groups -OCH3 is 1. The Hall–Kier alpha value is -2.11. The molecule has 1 amide bonds. The molecule has 0 heterocycles. The molecule has 0 saturated carbocycles. The van der Waals surface area contributed by atoms with Gasteiger partial charge in [-0.1, -0.05) is 36.9 Å². The lowest BCUT2D eigenvalue weighted by Crippen LogP contribution is -2.32. The summed E-state index contributed by atoms with van der Waals surface area (Å²) in [6, 6.07) is 3.20. The molecule has 25 heavy (non-hydrogen) atoms. The van der Waals surface area contributed by atoms with Crippen molar-refractivity contribution in [1.29, 1.82) is 0 Å². The van der Waals surface area contributed by atoms with Gasteiger partial charge in [-0.3, -0.25) is 10.5 Å². The van der Waals surface area contributed by atoms with Gasteiger partial charge >= 0.3 is 0 Å². The fraction of sp³-hybridized carbons (Fsp3) is 0.300. The van der Waals surface area contributed by atoms with E-state index in [9.17, 15) is 9.18 Å². The van der Waals surface area contributed by atoms with Crippen LogP contribution in [-0.4, -0.2) is 32.7 Å². The van der Waals surface area contributed by atoms with E-state index >= 15 is 0 Å². The summed E-state index contributed by atoms with van der Waals surface area (Å²) in [5.41, 5.74) is 12.2. The number of nitrogens with one attached hydrogen (secondary N) is 1. The molecule has 0 fully saturated rings. The summed E-state index contributed by atoms with van der Waals surface area (Å²) < 4.78 is 19.9. The van der Waals surface area contributed by atoms with E-state index in [4.69, 9.17) is 10.5 Å². The van der Waals surface area contributed by atoms with Crippen LogP contribution in [0.15, 0.2) is 35.4 Å². The van der Waals surface area contributed by atoms with Crippen molar-refractivity contribution < 1.29 is 13.9 Å². The van der Waals surface area contributed by atoms with Crippen LogP contribution in [0.5, 0.6) is 0 Å². The molecule has 0 aromatic heterocycles. The Balaban J connectivity index is 2.36. The van der Waals surface area contributed by atoms with Gasteiger partial charge in [0, 0.05) is 21.1 Å². The summed E-state index contributed by atoms with van der Waals surface area (Å²) in [6.07, 6.45) is 5.87. The summed E-state index contributed by atoms with van der Waals surface area (Å²) in [5, 5.41) is 1.05. The van der Waals surface area contributed by atoms with Crippen molar-refractivity contribution >= 4 is 31.1 Å². The highest BCUT2D eigenvalue weighted by Crippen LogP contribution is 2.37. The zero-order chi connectivity index (χ0) is 18.3. The lowest BCUT2D eigenvalue weighted by atomic mass is 9.86.